The van der Waals surface area contributed by atoms with Crippen LogP contribution in [0.4, 0.5) is 13.2 Å². The van der Waals surface area contributed by atoms with Crippen molar-refractivity contribution in [3.05, 3.63) is 12.2 Å². The van der Waals surface area contributed by atoms with Crippen molar-refractivity contribution in [3.8, 4) is 0 Å². The van der Waals surface area contributed by atoms with Crippen LogP contribution in [0.5, 0.6) is 0 Å². The van der Waals surface area contributed by atoms with Crippen molar-refractivity contribution in [1.29, 1.82) is 0 Å². The second-order valence-corrected chi connectivity index (χ2v) is 9.95. The Labute approximate surface area is 216 Å². The average Bonchev–Trinajstić information content (AvgIpc) is 2.82. The van der Waals surface area contributed by atoms with Gasteiger partial charge in [0.25, 0.3) is 0 Å². The molecule has 3 atom stereocenters. The monoisotopic (exact) mass is 541 g/mol. The van der Waals surface area contributed by atoms with Gasteiger partial charge in [0.15, 0.2) is 0 Å². The Morgan fingerprint density at radius 2 is 1.56 bits per heavy atom. The third kappa shape index (κ3) is 17.6. The normalized spacial score (nSPS) is 14.4. The molecule has 0 aliphatic heterocycles. The number of unbranched alkanes of at least 4 members (excludes halogenated alkanes) is 10. The van der Waals surface area contributed by atoms with E-state index in [-0.39, 0.29) is 18.6 Å². The molecule has 0 aliphatic rings. The molecule has 3 unspecified atom stereocenters. The Morgan fingerprint density at radius 3 is 2.06 bits per heavy atom. The minimum absolute atomic E-state index is 0.0621. The predicted molar refractivity (Wildman–Crippen MR) is 135 cm³/mol. The minimum Gasteiger partial charge on any atom is -0.481 e. The molecule has 0 heterocycles. The van der Waals surface area contributed by atoms with Gasteiger partial charge in [-0.1, -0.05) is 76.9 Å². The van der Waals surface area contributed by atoms with Crippen molar-refractivity contribution in [3.63, 3.8) is 0 Å². The Balaban J connectivity index is 4.73. The second kappa shape index (κ2) is 20.3. The van der Waals surface area contributed by atoms with E-state index in [0.29, 0.717) is 0 Å². The van der Waals surface area contributed by atoms with Crippen molar-refractivity contribution in [1.82, 2.24) is 5.32 Å². The topological polar surface area (TPSA) is 113 Å². The van der Waals surface area contributed by atoms with Crippen LogP contribution in [0.25, 0.3) is 0 Å². The average molecular weight is 542 g/mol. The molecule has 0 radical (unpaired) electrons. The summed E-state index contributed by atoms with van der Waals surface area (Å²) in [5.41, 5.74) is 0. The van der Waals surface area contributed by atoms with Crippen LogP contribution in [-0.2, 0) is 19.1 Å². The first kappa shape index (κ1) is 34.2. The van der Waals surface area contributed by atoms with Gasteiger partial charge in [0.1, 0.15) is 6.04 Å². The predicted octanol–water partition coefficient (Wildman–Crippen LogP) is 5.40. The second-order valence-electron chi connectivity index (χ2n) is 8.74. The molecule has 36 heavy (non-hydrogen) atoms. The molecular formula is C25H42F3NO6S. The van der Waals surface area contributed by atoms with Crippen LogP contribution < -0.4 is 5.32 Å². The first-order valence-corrected chi connectivity index (χ1v) is 13.7. The Hall–Kier alpha value is -1.75. The van der Waals surface area contributed by atoms with Gasteiger partial charge in [-0.15, -0.1) is 11.8 Å². The standard InChI is InChI=1S/C25H42F3NO6S/c1-3-4-5-6-7-8-9-10-11-12-13-14-15-21(20(30)16-17-22(31)32)36-18-19(23(33)35-2)29-24(34)25(26,27)28/h14-15,19-21,30H,3-13,16-18H2,1-2H3,(H,29,34)(H,31,32)/b15-14-. The first-order valence-electron chi connectivity index (χ1n) is 12.7. The van der Waals surface area contributed by atoms with Gasteiger partial charge in [-0.05, 0) is 19.3 Å². The molecule has 1 amide bonds. The molecule has 0 aromatic rings. The number of aliphatic hydroxyl groups excluding tert-OH is 1. The molecule has 0 aromatic heterocycles. The number of aliphatic hydroxyl groups is 1. The van der Waals surface area contributed by atoms with Crippen LogP contribution in [0.15, 0.2) is 12.2 Å². The van der Waals surface area contributed by atoms with Gasteiger partial charge in [0, 0.05) is 17.4 Å². The fourth-order valence-electron chi connectivity index (χ4n) is 3.47. The first-order chi connectivity index (χ1) is 17.0. The molecule has 7 nitrogen and oxygen atoms in total. The highest BCUT2D eigenvalue weighted by Crippen LogP contribution is 2.23. The van der Waals surface area contributed by atoms with Gasteiger partial charge in [-0.3, -0.25) is 9.59 Å². The number of carbonyl (C=O) groups excluding carboxylic acids is 2. The molecule has 0 aromatic carbocycles. The van der Waals surface area contributed by atoms with E-state index >= 15 is 0 Å². The fraction of sp³-hybridized carbons (Fsp3) is 0.800. The summed E-state index contributed by atoms with van der Waals surface area (Å²) < 4.78 is 42.3. The number of carbonyl (C=O) groups is 3. The quantitative estimate of drug-likeness (QED) is 0.101. The summed E-state index contributed by atoms with van der Waals surface area (Å²) in [5, 5.41) is 20.3. The smallest absolute Gasteiger partial charge is 0.471 e. The van der Waals surface area contributed by atoms with E-state index < -0.39 is 41.4 Å². The van der Waals surface area contributed by atoms with Crippen molar-refractivity contribution < 1.29 is 42.5 Å². The van der Waals surface area contributed by atoms with Gasteiger partial charge >= 0.3 is 24.0 Å². The number of carboxylic acids is 1. The molecule has 0 aliphatic carbocycles. The van der Waals surface area contributed by atoms with Crippen LogP contribution in [-0.4, -0.2) is 64.5 Å². The summed E-state index contributed by atoms with van der Waals surface area (Å²) in [7, 11) is 0.991. The zero-order chi connectivity index (χ0) is 27.4. The molecule has 0 spiro atoms. The number of amides is 1. The lowest BCUT2D eigenvalue weighted by molar-refractivity contribution is -0.175. The molecule has 3 N–H and O–H groups in total. The zero-order valence-electron chi connectivity index (χ0n) is 21.4. The number of hydrogen-bond donors (Lipinski definition) is 3. The highest BCUT2D eigenvalue weighted by molar-refractivity contribution is 8.00. The molecule has 0 rings (SSSR count). The number of carboxylic acid groups (broad SMARTS) is 1. The molecule has 11 heteroatoms. The number of rotatable bonds is 21. The van der Waals surface area contributed by atoms with E-state index in [9.17, 15) is 32.7 Å². The number of halogens is 3. The molecule has 0 saturated carbocycles. The number of allylic oxidation sites excluding steroid dienone is 1. The van der Waals surface area contributed by atoms with Gasteiger partial charge in [-0.2, -0.15) is 13.2 Å². The molecule has 0 fully saturated rings. The van der Waals surface area contributed by atoms with Gasteiger partial charge in [-0.25, -0.2) is 4.79 Å². The largest absolute Gasteiger partial charge is 0.481 e. The summed E-state index contributed by atoms with van der Waals surface area (Å²) in [4.78, 5) is 34.0. The van der Waals surface area contributed by atoms with Crippen molar-refractivity contribution in [2.24, 2.45) is 0 Å². The number of hydrogen-bond acceptors (Lipinski definition) is 6. The maximum Gasteiger partial charge on any atom is 0.471 e. The van der Waals surface area contributed by atoms with Crippen LogP contribution in [0.2, 0.25) is 0 Å². The lowest BCUT2D eigenvalue weighted by atomic mass is 10.1. The number of thioether (sulfide) groups is 1. The number of esters is 1. The Kier molecular flexibility index (Phi) is 19.3. The SMILES string of the molecule is CCCCCCCCCCCC/C=C\C(SCC(NC(=O)C(F)(F)F)C(=O)OC)C(O)CCC(=O)O. The number of ether oxygens (including phenoxy) is 1. The Morgan fingerprint density at radius 1 is 1.00 bits per heavy atom. The van der Waals surface area contributed by atoms with Gasteiger partial charge in [0.05, 0.1) is 13.2 Å². The van der Waals surface area contributed by atoms with Crippen molar-refractivity contribution in [2.45, 2.75) is 114 Å². The van der Waals surface area contributed by atoms with Crippen LogP contribution >= 0.6 is 11.8 Å². The maximum atomic E-state index is 12.6. The summed E-state index contributed by atoms with van der Waals surface area (Å²) in [6.07, 6.45) is 9.65. The number of nitrogens with one attached hydrogen (secondary N) is 1. The van der Waals surface area contributed by atoms with Crippen LogP contribution in [0.1, 0.15) is 90.4 Å². The molecule has 210 valence electrons. The van der Waals surface area contributed by atoms with E-state index in [1.165, 1.54) is 44.9 Å². The van der Waals surface area contributed by atoms with E-state index in [2.05, 4.69) is 11.7 Å². The maximum absolute atomic E-state index is 12.6. The third-order valence-electron chi connectivity index (χ3n) is 5.59. The molecule has 0 bridgehead atoms. The van der Waals surface area contributed by atoms with E-state index in [1.54, 1.807) is 11.4 Å². The summed E-state index contributed by atoms with van der Waals surface area (Å²) in [6.45, 7) is 2.20. The highest BCUT2D eigenvalue weighted by atomic mass is 32.2. The summed E-state index contributed by atoms with van der Waals surface area (Å²) in [5.74, 6) is -4.69. The van der Waals surface area contributed by atoms with E-state index in [1.807, 2.05) is 6.08 Å². The minimum atomic E-state index is -5.16. The third-order valence-corrected chi connectivity index (χ3v) is 6.97. The molecular weight excluding hydrogens is 499 g/mol. The van der Waals surface area contributed by atoms with Crippen molar-refractivity contribution >= 4 is 29.6 Å². The molecule has 0 saturated heterocycles. The summed E-state index contributed by atoms with van der Waals surface area (Å²) >= 11 is 0.956. The number of alkyl halides is 3. The van der Waals surface area contributed by atoms with Crippen LogP contribution in [0, 0.1) is 0 Å². The highest BCUT2D eigenvalue weighted by Gasteiger charge is 2.41. The Bertz CT molecular complexity index is 660. The van der Waals surface area contributed by atoms with Crippen molar-refractivity contribution in [2.75, 3.05) is 12.9 Å². The van der Waals surface area contributed by atoms with Crippen LogP contribution in [0.3, 0.4) is 0 Å². The van der Waals surface area contributed by atoms with E-state index in [4.69, 9.17) is 5.11 Å². The summed E-state index contributed by atoms with van der Waals surface area (Å²) in [6, 6.07) is -1.57. The van der Waals surface area contributed by atoms with Gasteiger partial charge < -0.3 is 20.3 Å². The van der Waals surface area contributed by atoms with Gasteiger partial charge in [0.2, 0.25) is 0 Å². The fourth-order valence-corrected chi connectivity index (χ4v) is 4.68. The number of aliphatic carboxylic acids is 1. The number of methoxy groups -OCH3 is 1. The lowest BCUT2D eigenvalue weighted by Gasteiger charge is -2.22. The van der Waals surface area contributed by atoms with E-state index in [0.717, 1.165) is 44.6 Å². The zero-order valence-corrected chi connectivity index (χ0v) is 22.2. The lowest BCUT2D eigenvalue weighted by Crippen LogP contribution is -2.49.